The summed E-state index contributed by atoms with van der Waals surface area (Å²) in [5.41, 5.74) is 2.42. The van der Waals surface area contributed by atoms with Gasteiger partial charge in [0.25, 0.3) is 5.91 Å². The van der Waals surface area contributed by atoms with Crippen molar-refractivity contribution >= 4 is 11.9 Å². The third kappa shape index (κ3) is 3.86. The van der Waals surface area contributed by atoms with Gasteiger partial charge in [-0.25, -0.2) is 0 Å². The lowest BCUT2D eigenvalue weighted by molar-refractivity contribution is -0.139. The molecule has 6 nitrogen and oxygen atoms in total. The summed E-state index contributed by atoms with van der Waals surface area (Å²) >= 11 is 0. The van der Waals surface area contributed by atoms with Gasteiger partial charge in [-0.15, -0.1) is 0 Å². The third-order valence-corrected chi connectivity index (χ3v) is 4.45. The predicted molar refractivity (Wildman–Crippen MR) is 96.3 cm³/mol. The molecule has 1 amide bonds. The molecule has 0 aliphatic carbocycles. The van der Waals surface area contributed by atoms with Crippen LogP contribution in [0.15, 0.2) is 48.5 Å². The molecule has 0 saturated carbocycles. The van der Waals surface area contributed by atoms with Crippen molar-refractivity contribution < 1.29 is 24.2 Å². The van der Waals surface area contributed by atoms with Gasteiger partial charge < -0.3 is 19.5 Å². The van der Waals surface area contributed by atoms with E-state index in [9.17, 15) is 9.59 Å². The molecule has 2 aromatic carbocycles. The third-order valence-electron chi connectivity index (χ3n) is 4.45. The van der Waals surface area contributed by atoms with E-state index in [1.165, 1.54) is 0 Å². The van der Waals surface area contributed by atoms with Crippen LogP contribution >= 0.6 is 0 Å². The van der Waals surface area contributed by atoms with E-state index in [0.29, 0.717) is 18.7 Å². The molecular formula is C20H21NO5. The quantitative estimate of drug-likeness (QED) is 0.892. The zero-order valence-corrected chi connectivity index (χ0v) is 14.6. The number of hydrogen-bond acceptors (Lipinski definition) is 4. The summed E-state index contributed by atoms with van der Waals surface area (Å²) in [6.07, 6.45) is -0.120. The summed E-state index contributed by atoms with van der Waals surface area (Å²) in [5, 5.41) is 9.04. The average molecular weight is 355 g/mol. The van der Waals surface area contributed by atoms with Gasteiger partial charge >= 0.3 is 5.97 Å². The van der Waals surface area contributed by atoms with Crippen LogP contribution in [0, 0.1) is 0 Å². The fourth-order valence-electron chi connectivity index (χ4n) is 3.13. The number of nitrogens with zero attached hydrogens (tertiary/aromatic N) is 1. The van der Waals surface area contributed by atoms with Crippen LogP contribution in [0.25, 0.3) is 11.1 Å². The van der Waals surface area contributed by atoms with Crippen LogP contribution < -0.4 is 4.74 Å². The lowest BCUT2D eigenvalue weighted by Crippen LogP contribution is -2.49. The Hall–Kier alpha value is -2.86. The second-order valence-electron chi connectivity index (χ2n) is 6.10. The van der Waals surface area contributed by atoms with E-state index in [1.54, 1.807) is 24.1 Å². The van der Waals surface area contributed by atoms with Crippen LogP contribution in [-0.4, -0.2) is 54.8 Å². The van der Waals surface area contributed by atoms with Crippen molar-refractivity contribution in [2.75, 3.05) is 26.9 Å². The average Bonchev–Trinajstić information content (AvgIpc) is 2.67. The van der Waals surface area contributed by atoms with Gasteiger partial charge in [0.2, 0.25) is 0 Å². The van der Waals surface area contributed by atoms with Gasteiger partial charge in [-0.05, 0) is 23.8 Å². The lowest BCUT2D eigenvalue weighted by Gasteiger charge is -2.34. The Bertz CT molecular complexity index is 787. The minimum atomic E-state index is -0.940. The Morgan fingerprint density at radius 3 is 2.62 bits per heavy atom. The molecule has 1 saturated heterocycles. The monoisotopic (exact) mass is 355 g/mol. The zero-order valence-electron chi connectivity index (χ0n) is 14.6. The fourth-order valence-corrected chi connectivity index (χ4v) is 3.13. The molecule has 1 heterocycles. The molecule has 0 bridgehead atoms. The summed E-state index contributed by atoms with van der Waals surface area (Å²) < 4.78 is 10.7. The van der Waals surface area contributed by atoms with Crippen molar-refractivity contribution in [1.82, 2.24) is 4.90 Å². The number of carbonyl (C=O) groups excluding carboxylic acids is 1. The summed E-state index contributed by atoms with van der Waals surface area (Å²) in [5.74, 6) is -0.350. The summed E-state index contributed by atoms with van der Waals surface area (Å²) in [4.78, 5) is 25.4. The number of methoxy groups -OCH3 is 1. The van der Waals surface area contributed by atoms with Crippen molar-refractivity contribution in [1.29, 1.82) is 0 Å². The van der Waals surface area contributed by atoms with Gasteiger partial charge in [0, 0.05) is 17.7 Å². The first kappa shape index (κ1) is 17.9. The van der Waals surface area contributed by atoms with Crippen LogP contribution in [0.1, 0.15) is 16.8 Å². The molecule has 1 aliphatic rings. The van der Waals surface area contributed by atoms with Crippen molar-refractivity contribution in [3.63, 3.8) is 0 Å². The number of aliphatic carboxylic acids is 1. The normalized spacial score (nSPS) is 17.0. The predicted octanol–water partition coefficient (Wildman–Crippen LogP) is 2.68. The maximum atomic E-state index is 12.8. The van der Waals surface area contributed by atoms with Gasteiger partial charge in [-0.2, -0.15) is 0 Å². The molecule has 1 N–H and O–H groups in total. The standard InChI is InChI=1S/C20H21NO5/c1-25-18-5-3-2-4-17(18)14-6-8-15(9-7-14)20(24)21-10-11-26-13-16(21)12-19(22)23/h2-9,16H,10-13H2,1H3,(H,22,23). The number of carboxylic acid groups (broad SMARTS) is 1. The van der Waals surface area contributed by atoms with Gasteiger partial charge in [0.1, 0.15) is 5.75 Å². The number of carboxylic acids is 1. The largest absolute Gasteiger partial charge is 0.496 e. The molecule has 1 fully saturated rings. The highest BCUT2D eigenvalue weighted by Gasteiger charge is 2.29. The molecule has 0 radical (unpaired) electrons. The van der Waals surface area contributed by atoms with Gasteiger partial charge in [0.15, 0.2) is 0 Å². The van der Waals surface area contributed by atoms with Crippen LogP contribution in [-0.2, 0) is 9.53 Å². The number of morpholine rings is 1. The van der Waals surface area contributed by atoms with E-state index in [4.69, 9.17) is 14.6 Å². The molecule has 1 aliphatic heterocycles. The van der Waals surface area contributed by atoms with Crippen LogP contribution in [0.3, 0.4) is 0 Å². The molecule has 6 heteroatoms. The van der Waals surface area contributed by atoms with Crippen LogP contribution in [0.4, 0.5) is 0 Å². The molecule has 136 valence electrons. The van der Waals surface area contributed by atoms with E-state index < -0.39 is 12.0 Å². The smallest absolute Gasteiger partial charge is 0.305 e. The number of carbonyl (C=O) groups is 2. The molecule has 2 aromatic rings. The van der Waals surface area contributed by atoms with E-state index >= 15 is 0 Å². The second kappa shape index (κ2) is 8.01. The number of hydrogen-bond donors (Lipinski definition) is 1. The summed E-state index contributed by atoms with van der Waals surface area (Å²) in [7, 11) is 1.62. The minimum Gasteiger partial charge on any atom is -0.496 e. The maximum absolute atomic E-state index is 12.8. The van der Waals surface area contributed by atoms with E-state index in [2.05, 4.69) is 0 Å². The first-order chi connectivity index (χ1) is 12.6. The maximum Gasteiger partial charge on any atom is 0.305 e. The Labute approximate surface area is 152 Å². The highest BCUT2D eigenvalue weighted by atomic mass is 16.5. The Balaban J connectivity index is 1.81. The minimum absolute atomic E-state index is 0.120. The zero-order chi connectivity index (χ0) is 18.5. The van der Waals surface area contributed by atoms with Gasteiger partial charge in [0.05, 0.1) is 32.8 Å². The van der Waals surface area contributed by atoms with Crippen molar-refractivity contribution in [3.8, 4) is 16.9 Å². The number of amides is 1. The number of para-hydroxylation sites is 1. The summed E-state index contributed by atoms with van der Waals surface area (Å²) in [6.45, 7) is 1.06. The lowest BCUT2D eigenvalue weighted by atomic mass is 10.0. The Kier molecular flexibility index (Phi) is 5.53. The first-order valence-corrected chi connectivity index (χ1v) is 8.44. The van der Waals surface area contributed by atoms with Crippen LogP contribution in [0.2, 0.25) is 0 Å². The molecule has 1 unspecified atom stereocenters. The molecule has 1 atom stereocenters. The molecular weight excluding hydrogens is 334 g/mol. The SMILES string of the molecule is COc1ccccc1-c1ccc(C(=O)N2CCOCC2CC(=O)O)cc1. The summed E-state index contributed by atoms with van der Waals surface area (Å²) in [6, 6.07) is 14.5. The Morgan fingerprint density at radius 2 is 1.92 bits per heavy atom. The second-order valence-corrected chi connectivity index (χ2v) is 6.10. The topological polar surface area (TPSA) is 76.1 Å². The van der Waals surface area contributed by atoms with Crippen LogP contribution in [0.5, 0.6) is 5.75 Å². The van der Waals surface area contributed by atoms with E-state index in [0.717, 1.165) is 16.9 Å². The van der Waals surface area contributed by atoms with Crippen molar-refractivity contribution in [3.05, 3.63) is 54.1 Å². The van der Waals surface area contributed by atoms with Crippen molar-refractivity contribution in [2.45, 2.75) is 12.5 Å². The fraction of sp³-hybridized carbons (Fsp3) is 0.300. The molecule has 3 rings (SSSR count). The van der Waals surface area contributed by atoms with Gasteiger partial charge in [-0.3, -0.25) is 9.59 Å². The van der Waals surface area contributed by atoms with Gasteiger partial charge in [-0.1, -0.05) is 30.3 Å². The van der Waals surface area contributed by atoms with E-state index in [-0.39, 0.29) is 18.9 Å². The number of ether oxygens (including phenoxy) is 2. The molecule has 26 heavy (non-hydrogen) atoms. The van der Waals surface area contributed by atoms with Crippen molar-refractivity contribution in [2.24, 2.45) is 0 Å². The first-order valence-electron chi connectivity index (χ1n) is 8.44. The number of benzene rings is 2. The Morgan fingerprint density at radius 1 is 1.19 bits per heavy atom. The number of rotatable bonds is 5. The molecule has 0 spiro atoms. The highest BCUT2D eigenvalue weighted by Crippen LogP contribution is 2.29. The van der Waals surface area contributed by atoms with E-state index in [1.807, 2.05) is 36.4 Å². The highest BCUT2D eigenvalue weighted by molar-refractivity contribution is 5.95. The molecule has 0 aromatic heterocycles.